The van der Waals surface area contributed by atoms with Gasteiger partial charge in [0.05, 0.1) is 6.54 Å². The molecule has 0 saturated carbocycles. The van der Waals surface area contributed by atoms with E-state index in [2.05, 4.69) is 10.3 Å². The van der Waals surface area contributed by atoms with Crippen LogP contribution in [0.3, 0.4) is 0 Å². The Bertz CT molecular complexity index is 583. The molecule has 0 fully saturated rings. The number of ether oxygens (including phenoxy) is 1. The Hall–Kier alpha value is -1.92. The summed E-state index contributed by atoms with van der Waals surface area (Å²) in [5.74, 6) is 0.634. The lowest BCUT2D eigenvalue weighted by atomic mass is 10.2. The zero-order valence-electron chi connectivity index (χ0n) is 11.3. The van der Waals surface area contributed by atoms with Crippen LogP contribution in [0.25, 0.3) is 0 Å². The fraction of sp³-hybridized carbons (Fsp3) is 0.286. The Morgan fingerprint density at radius 2 is 2.25 bits per heavy atom. The Labute approximate surface area is 121 Å². The van der Waals surface area contributed by atoms with Crippen LogP contribution in [-0.4, -0.2) is 24.0 Å². The second-order valence-electron chi connectivity index (χ2n) is 4.20. The predicted molar refractivity (Wildman–Crippen MR) is 79.0 cm³/mol. The highest BCUT2D eigenvalue weighted by Gasteiger charge is 2.09. The van der Waals surface area contributed by atoms with Gasteiger partial charge in [0.2, 0.25) is 0 Å². The number of hydrogen-bond acceptors (Lipinski definition) is 5. The number of nitrogens with one attached hydrogen (secondary N) is 1. The van der Waals surface area contributed by atoms with Crippen molar-refractivity contribution in [1.82, 2.24) is 10.3 Å². The summed E-state index contributed by atoms with van der Waals surface area (Å²) in [6, 6.07) is 7.77. The van der Waals surface area contributed by atoms with E-state index < -0.39 is 0 Å². The average molecular weight is 291 g/mol. The van der Waals surface area contributed by atoms with Crippen molar-refractivity contribution in [1.29, 1.82) is 0 Å². The molecule has 0 unspecified atom stereocenters. The molecule has 3 N–H and O–H groups in total. The molecule has 0 saturated heterocycles. The summed E-state index contributed by atoms with van der Waals surface area (Å²) in [4.78, 5) is 15.9. The number of benzene rings is 1. The van der Waals surface area contributed by atoms with E-state index in [1.165, 1.54) is 11.3 Å². The van der Waals surface area contributed by atoms with E-state index in [1.807, 2.05) is 31.2 Å². The Morgan fingerprint density at radius 3 is 2.95 bits per heavy atom. The van der Waals surface area contributed by atoms with Crippen molar-refractivity contribution in [2.45, 2.75) is 13.5 Å². The SMILES string of the molecule is Cc1ccccc1OCCNC(=O)c1csc(CN)n1. The van der Waals surface area contributed by atoms with Crippen LogP contribution >= 0.6 is 11.3 Å². The maximum absolute atomic E-state index is 11.8. The largest absolute Gasteiger partial charge is 0.491 e. The number of thiazole rings is 1. The van der Waals surface area contributed by atoms with Crippen molar-refractivity contribution >= 4 is 17.2 Å². The first kappa shape index (κ1) is 14.5. The fourth-order valence-corrected chi connectivity index (χ4v) is 2.30. The first-order valence-electron chi connectivity index (χ1n) is 6.32. The average Bonchev–Trinajstić information content (AvgIpc) is 2.94. The maximum Gasteiger partial charge on any atom is 0.270 e. The zero-order chi connectivity index (χ0) is 14.4. The highest BCUT2D eigenvalue weighted by molar-refractivity contribution is 7.09. The van der Waals surface area contributed by atoms with Gasteiger partial charge in [0, 0.05) is 11.9 Å². The second-order valence-corrected chi connectivity index (χ2v) is 5.14. The van der Waals surface area contributed by atoms with Crippen LogP contribution < -0.4 is 15.8 Å². The number of hydrogen-bond donors (Lipinski definition) is 2. The molecule has 1 aromatic heterocycles. The molecule has 2 rings (SSSR count). The summed E-state index contributed by atoms with van der Waals surface area (Å²) in [6.07, 6.45) is 0. The van der Waals surface area contributed by atoms with Gasteiger partial charge in [0.25, 0.3) is 5.91 Å². The summed E-state index contributed by atoms with van der Waals surface area (Å²) in [5, 5.41) is 5.23. The van der Waals surface area contributed by atoms with Crippen LogP contribution in [-0.2, 0) is 6.54 Å². The van der Waals surface area contributed by atoms with Crippen molar-refractivity contribution < 1.29 is 9.53 Å². The van der Waals surface area contributed by atoms with Crippen LogP contribution in [0.4, 0.5) is 0 Å². The highest BCUT2D eigenvalue weighted by atomic mass is 32.1. The van der Waals surface area contributed by atoms with Gasteiger partial charge in [-0.3, -0.25) is 4.79 Å². The summed E-state index contributed by atoms with van der Waals surface area (Å²) in [7, 11) is 0. The minimum Gasteiger partial charge on any atom is -0.491 e. The fourth-order valence-electron chi connectivity index (χ4n) is 1.64. The van der Waals surface area contributed by atoms with Gasteiger partial charge in [0.1, 0.15) is 23.1 Å². The lowest BCUT2D eigenvalue weighted by molar-refractivity contribution is 0.0942. The Kier molecular flexibility index (Phi) is 5.09. The number of nitrogens with zero attached hydrogens (tertiary/aromatic N) is 1. The molecule has 0 atom stereocenters. The van der Waals surface area contributed by atoms with Gasteiger partial charge in [-0.2, -0.15) is 0 Å². The Morgan fingerprint density at radius 1 is 1.45 bits per heavy atom. The second kappa shape index (κ2) is 7.02. The monoisotopic (exact) mass is 291 g/mol. The number of rotatable bonds is 6. The van der Waals surface area contributed by atoms with Crippen LogP contribution in [0, 0.1) is 6.92 Å². The smallest absolute Gasteiger partial charge is 0.270 e. The molecular formula is C14H17N3O2S. The van der Waals surface area contributed by atoms with Gasteiger partial charge in [0.15, 0.2) is 0 Å². The van der Waals surface area contributed by atoms with Crippen LogP contribution in [0.5, 0.6) is 5.75 Å². The number of amides is 1. The van der Waals surface area contributed by atoms with Gasteiger partial charge in [-0.15, -0.1) is 11.3 Å². The molecule has 0 aliphatic heterocycles. The maximum atomic E-state index is 11.8. The lowest BCUT2D eigenvalue weighted by Crippen LogP contribution is -2.28. The molecule has 0 bridgehead atoms. The number of para-hydroxylation sites is 1. The number of carbonyl (C=O) groups is 1. The first-order chi connectivity index (χ1) is 9.70. The molecule has 106 valence electrons. The predicted octanol–water partition coefficient (Wildman–Crippen LogP) is 1.72. The topological polar surface area (TPSA) is 77.2 Å². The standard InChI is InChI=1S/C14H17N3O2S/c1-10-4-2-3-5-12(10)19-7-6-16-14(18)11-9-20-13(8-15)17-11/h2-5,9H,6-8,15H2,1H3,(H,16,18). The van der Waals surface area contributed by atoms with Crippen molar-refractivity contribution in [2.24, 2.45) is 5.73 Å². The summed E-state index contributed by atoms with van der Waals surface area (Å²) >= 11 is 1.39. The molecule has 6 heteroatoms. The van der Waals surface area contributed by atoms with Crippen LogP contribution in [0.15, 0.2) is 29.6 Å². The third-order valence-electron chi connectivity index (χ3n) is 2.70. The van der Waals surface area contributed by atoms with E-state index in [1.54, 1.807) is 5.38 Å². The molecule has 0 radical (unpaired) electrons. The van der Waals surface area contributed by atoms with Crippen molar-refractivity contribution in [3.63, 3.8) is 0 Å². The molecule has 0 aliphatic rings. The van der Waals surface area contributed by atoms with Crippen molar-refractivity contribution in [3.8, 4) is 5.75 Å². The number of aromatic nitrogens is 1. The third-order valence-corrected chi connectivity index (χ3v) is 3.57. The molecule has 1 heterocycles. The van der Waals surface area contributed by atoms with Crippen LogP contribution in [0.1, 0.15) is 21.1 Å². The van der Waals surface area contributed by atoms with Gasteiger partial charge >= 0.3 is 0 Å². The number of aryl methyl sites for hydroxylation is 1. The third kappa shape index (κ3) is 3.79. The first-order valence-corrected chi connectivity index (χ1v) is 7.19. The van der Waals surface area contributed by atoms with E-state index in [0.717, 1.165) is 16.3 Å². The number of nitrogens with two attached hydrogens (primary N) is 1. The van der Waals surface area contributed by atoms with E-state index in [4.69, 9.17) is 10.5 Å². The minimum absolute atomic E-state index is 0.200. The molecule has 0 aliphatic carbocycles. The van der Waals surface area contributed by atoms with Crippen molar-refractivity contribution in [3.05, 3.63) is 45.9 Å². The summed E-state index contributed by atoms with van der Waals surface area (Å²) < 4.78 is 5.60. The summed E-state index contributed by atoms with van der Waals surface area (Å²) in [5.41, 5.74) is 6.94. The molecule has 1 amide bonds. The highest BCUT2D eigenvalue weighted by Crippen LogP contribution is 2.15. The number of carbonyl (C=O) groups excluding carboxylic acids is 1. The van der Waals surface area contributed by atoms with Gasteiger partial charge in [-0.25, -0.2) is 4.98 Å². The molecule has 5 nitrogen and oxygen atoms in total. The van der Waals surface area contributed by atoms with Gasteiger partial charge in [-0.1, -0.05) is 18.2 Å². The summed E-state index contributed by atoms with van der Waals surface area (Å²) in [6.45, 7) is 3.19. The molecule has 0 spiro atoms. The normalized spacial score (nSPS) is 10.3. The van der Waals surface area contributed by atoms with E-state index >= 15 is 0 Å². The van der Waals surface area contributed by atoms with Crippen LogP contribution in [0.2, 0.25) is 0 Å². The molecule has 1 aromatic carbocycles. The minimum atomic E-state index is -0.200. The van der Waals surface area contributed by atoms with Crippen molar-refractivity contribution in [2.75, 3.05) is 13.2 Å². The van der Waals surface area contributed by atoms with E-state index in [0.29, 0.717) is 25.4 Å². The lowest BCUT2D eigenvalue weighted by Gasteiger charge is -2.09. The molecule has 20 heavy (non-hydrogen) atoms. The van der Waals surface area contributed by atoms with E-state index in [9.17, 15) is 4.79 Å². The van der Waals surface area contributed by atoms with Gasteiger partial charge < -0.3 is 15.8 Å². The molecule has 2 aromatic rings. The zero-order valence-corrected chi connectivity index (χ0v) is 12.1. The van der Waals surface area contributed by atoms with E-state index in [-0.39, 0.29) is 5.91 Å². The quantitative estimate of drug-likeness (QED) is 0.794. The molecular weight excluding hydrogens is 274 g/mol. The van der Waals surface area contributed by atoms with Gasteiger partial charge in [-0.05, 0) is 18.6 Å². The Balaban J connectivity index is 1.76.